The van der Waals surface area contributed by atoms with Crippen LogP contribution < -0.4 is 5.32 Å². The minimum absolute atomic E-state index is 0.304. The van der Waals surface area contributed by atoms with Crippen LogP contribution in [0.25, 0.3) is 0 Å². The zero-order valence-electron chi connectivity index (χ0n) is 14.7. The lowest BCUT2D eigenvalue weighted by Crippen LogP contribution is -2.42. The van der Waals surface area contributed by atoms with E-state index in [2.05, 4.69) is 24.1 Å². The summed E-state index contributed by atoms with van der Waals surface area (Å²) in [7, 11) is 0. The zero-order valence-corrected chi connectivity index (χ0v) is 14.7. The zero-order chi connectivity index (χ0) is 18.8. The second-order valence-corrected chi connectivity index (χ2v) is 5.94. The number of hydrogen-bond acceptors (Lipinski definition) is 4. The van der Waals surface area contributed by atoms with E-state index >= 15 is 0 Å². The van der Waals surface area contributed by atoms with Gasteiger partial charge < -0.3 is 15.5 Å². The SMILES string of the molecule is CCCN(CCC)Cc1ccc(C(=O)N[C@H](CC(=O)O)C(=O)O)cc1. The Morgan fingerprint density at radius 3 is 2.04 bits per heavy atom. The number of rotatable bonds is 11. The van der Waals surface area contributed by atoms with Gasteiger partial charge in [-0.05, 0) is 43.6 Å². The maximum Gasteiger partial charge on any atom is 0.326 e. The molecule has 1 rings (SSSR count). The van der Waals surface area contributed by atoms with Crippen LogP contribution in [0.3, 0.4) is 0 Å². The van der Waals surface area contributed by atoms with Crippen LogP contribution in [-0.2, 0) is 16.1 Å². The Bertz CT molecular complexity index is 580. The third-order valence-electron chi connectivity index (χ3n) is 3.68. The number of nitrogens with one attached hydrogen (secondary N) is 1. The molecule has 0 saturated heterocycles. The van der Waals surface area contributed by atoms with Crippen LogP contribution in [0.5, 0.6) is 0 Å². The van der Waals surface area contributed by atoms with E-state index in [1.807, 2.05) is 12.1 Å². The molecule has 0 heterocycles. The number of aliphatic carboxylic acids is 2. The second kappa shape index (κ2) is 10.5. The lowest BCUT2D eigenvalue weighted by molar-refractivity contribution is -0.145. The number of carbonyl (C=O) groups excluding carboxylic acids is 1. The van der Waals surface area contributed by atoms with E-state index in [-0.39, 0.29) is 0 Å². The van der Waals surface area contributed by atoms with Gasteiger partial charge in [-0.3, -0.25) is 14.5 Å². The maximum atomic E-state index is 12.1. The molecule has 0 spiro atoms. The molecule has 0 aliphatic rings. The third-order valence-corrected chi connectivity index (χ3v) is 3.68. The molecule has 1 aromatic carbocycles. The van der Waals surface area contributed by atoms with Crippen molar-refractivity contribution in [1.82, 2.24) is 10.2 Å². The molecule has 7 nitrogen and oxygen atoms in total. The van der Waals surface area contributed by atoms with Crippen molar-refractivity contribution in [2.45, 2.75) is 45.7 Å². The summed E-state index contributed by atoms with van der Waals surface area (Å²) in [6.07, 6.45) is 1.48. The largest absolute Gasteiger partial charge is 0.481 e. The monoisotopic (exact) mass is 350 g/mol. The van der Waals surface area contributed by atoms with Gasteiger partial charge in [-0.25, -0.2) is 4.79 Å². The van der Waals surface area contributed by atoms with Gasteiger partial charge in [-0.1, -0.05) is 26.0 Å². The second-order valence-electron chi connectivity index (χ2n) is 5.94. The fourth-order valence-electron chi connectivity index (χ4n) is 2.54. The molecule has 1 aromatic rings. The van der Waals surface area contributed by atoms with Gasteiger partial charge in [0, 0.05) is 12.1 Å². The smallest absolute Gasteiger partial charge is 0.326 e. The number of amides is 1. The van der Waals surface area contributed by atoms with Crippen LogP contribution in [-0.4, -0.2) is 52.1 Å². The molecule has 1 atom stereocenters. The van der Waals surface area contributed by atoms with E-state index in [1.165, 1.54) is 0 Å². The summed E-state index contributed by atoms with van der Waals surface area (Å²) in [4.78, 5) is 36.1. The summed E-state index contributed by atoms with van der Waals surface area (Å²) in [6.45, 7) is 7.07. The molecule has 1 amide bonds. The van der Waals surface area contributed by atoms with Crippen LogP contribution in [0.1, 0.15) is 49.0 Å². The Hall–Kier alpha value is -2.41. The van der Waals surface area contributed by atoms with E-state index in [9.17, 15) is 14.4 Å². The number of benzene rings is 1. The summed E-state index contributed by atoms with van der Waals surface area (Å²) in [6, 6.07) is 5.47. The van der Waals surface area contributed by atoms with Crippen molar-refractivity contribution in [3.8, 4) is 0 Å². The predicted molar refractivity (Wildman–Crippen MR) is 93.4 cm³/mol. The van der Waals surface area contributed by atoms with Gasteiger partial charge in [0.2, 0.25) is 0 Å². The lowest BCUT2D eigenvalue weighted by atomic mass is 10.1. The molecule has 0 saturated carbocycles. The molecule has 138 valence electrons. The predicted octanol–water partition coefficient (Wildman–Crippen LogP) is 1.97. The first-order valence-corrected chi connectivity index (χ1v) is 8.44. The Morgan fingerprint density at radius 1 is 1.04 bits per heavy atom. The van der Waals surface area contributed by atoms with E-state index in [0.717, 1.165) is 38.0 Å². The quantitative estimate of drug-likeness (QED) is 0.563. The molecule has 0 bridgehead atoms. The van der Waals surface area contributed by atoms with Crippen LogP contribution in [0, 0.1) is 0 Å². The van der Waals surface area contributed by atoms with Crippen LogP contribution in [0.2, 0.25) is 0 Å². The molecule has 0 aromatic heterocycles. The normalized spacial score (nSPS) is 12.0. The third kappa shape index (κ3) is 7.34. The van der Waals surface area contributed by atoms with Gasteiger partial charge in [0.15, 0.2) is 0 Å². The van der Waals surface area contributed by atoms with Crippen molar-refractivity contribution >= 4 is 17.8 Å². The van der Waals surface area contributed by atoms with Gasteiger partial charge >= 0.3 is 11.9 Å². The van der Waals surface area contributed by atoms with Crippen molar-refractivity contribution < 1.29 is 24.6 Å². The minimum Gasteiger partial charge on any atom is -0.481 e. The van der Waals surface area contributed by atoms with Crippen molar-refractivity contribution in [2.75, 3.05) is 13.1 Å². The molecule has 7 heteroatoms. The van der Waals surface area contributed by atoms with Crippen LogP contribution in [0.15, 0.2) is 24.3 Å². The van der Waals surface area contributed by atoms with Crippen molar-refractivity contribution in [2.24, 2.45) is 0 Å². The summed E-state index contributed by atoms with van der Waals surface area (Å²) in [5.41, 5.74) is 1.37. The van der Waals surface area contributed by atoms with Gasteiger partial charge in [0.25, 0.3) is 5.91 Å². The number of carboxylic acid groups (broad SMARTS) is 2. The Kier molecular flexibility index (Phi) is 8.63. The number of carboxylic acids is 2. The highest BCUT2D eigenvalue weighted by atomic mass is 16.4. The summed E-state index contributed by atoms with van der Waals surface area (Å²) in [5, 5.41) is 19.9. The molecule has 0 fully saturated rings. The van der Waals surface area contributed by atoms with Crippen molar-refractivity contribution in [1.29, 1.82) is 0 Å². The molecular formula is C18H26N2O5. The van der Waals surface area contributed by atoms with Crippen LogP contribution in [0.4, 0.5) is 0 Å². The molecule has 25 heavy (non-hydrogen) atoms. The summed E-state index contributed by atoms with van der Waals surface area (Å²) < 4.78 is 0. The van der Waals surface area contributed by atoms with E-state index in [1.54, 1.807) is 12.1 Å². The minimum atomic E-state index is -1.45. The van der Waals surface area contributed by atoms with E-state index in [0.29, 0.717) is 5.56 Å². The number of carbonyl (C=O) groups is 3. The molecule has 0 radical (unpaired) electrons. The average Bonchev–Trinajstić information content (AvgIpc) is 2.54. The average molecular weight is 350 g/mol. The van der Waals surface area contributed by atoms with Gasteiger partial charge in [-0.2, -0.15) is 0 Å². The molecule has 3 N–H and O–H groups in total. The number of hydrogen-bond donors (Lipinski definition) is 3. The summed E-state index contributed by atoms with van der Waals surface area (Å²) >= 11 is 0. The first-order chi connectivity index (χ1) is 11.9. The van der Waals surface area contributed by atoms with Gasteiger partial charge in [0.1, 0.15) is 6.04 Å². The highest BCUT2D eigenvalue weighted by Gasteiger charge is 2.23. The Labute approximate surface area is 147 Å². The fourth-order valence-corrected chi connectivity index (χ4v) is 2.54. The van der Waals surface area contributed by atoms with Crippen molar-refractivity contribution in [3.63, 3.8) is 0 Å². The number of nitrogens with zero attached hydrogens (tertiary/aromatic N) is 1. The summed E-state index contributed by atoms with van der Waals surface area (Å²) in [5.74, 6) is -3.25. The topological polar surface area (TPSA) is 107 Å². The highest BCUT2D eigenvalue weighted by molar-refractivity contribution is 5.97. The maximum absolute atomic E-state index is 12.1. The Morgan fingerprint density at radius 2 is 1.60 bits per heavy atom. The Balaban J connectivity index is 2.72. The van der Waals surface area contributed by atoms with E-state index in [4.69, 9.17) is 10.2 Å². The fraction of sp³-hybridized carbons (Fsp3) is 0.500. The lowest BCUT2D eigenvalue weighted by Gasteiger charge is -2.21. The molecule has 0 unspecified atom stereocenters. The van der Waals surface area contributed by atoms with Gasteiger partial charge in [0.05, 0.1) is 6.42 Å². The van der Waals surface area contributed by atoms with Crippen molar-refractivity contribution in [3.05, 3.63) is 35.4 Å². The molecule has 0 aliphatic heterocycles. The van der Waals surface area contributed by atoms with Gasteiger partial charge in [-0.15, -0.1) is 0 Å². The first-order valence-electron chi connectivity index (χ1n) is 8.44. The highest BCUT2D eigenvalue weighted by Crippen LogP contribution is 2.09. The van der Waals surface area contributed by atoms with E-state index < -0.39 is 30.3 Å². The molecule has 0 aliphatic carbocycles. The first kappa shape index (κ1) is 20.6. The molecular weight excluding hydrogens is 324 g/mol. The standard InChI is InChI=1S/C18H26N2O5/c1-3-9-20(10-4-2)12-13-5-7-14(8-6-13)17(23)19-15(18(24)25)11-16(21)22/h5-8,15H,3-4,9-12H2,1-2H3,(H,19,23)(H,21,22)(H,24,25)/t15-/m1/s1. The van der Waals surface area contributed by atoms with Crippen LogP contribution >= 0.6 is 0 Å².